The minimum Gasteiger partial charge on any atom is -0.493 e. The highest BCUT2D eigenvalue weighted by molar-refractivity contribution is 5.92. The van der Waals surface area contributed by atoms with Crippen LogP contribution in [0.5, 0.6) is 11.5 Å². The average Bonchev–Trinajstić information content (AvgIpc) is 2.70. The van der Waals surface area contributed by atoms with Gasteiger partial charge in [0.25, 0.3) is 11.8 Å². The molecule has 0 radical (unpaired) electrons. The summed E-state index contributed by atoms with van der Waals surface area (Å²) >= 11 is 0. The predicted molar refractivity (Wildman–Crippen MR) is 94.9 cm³/mol. The first-order valence-electron chi connectivity index (χ1n) is 8.46. The van der Waals surface area contributed by atoms with E-state index in [1.165, 1.54) is 30.2 Å². The summed E-state index contributed by atoms with van der Waals surface area (Å²) in [5, 5.41) is 0. The number of methoxy groups -OCH3 is 1. The summed E-state index contributed by atoms with van der Waals surface area (Å²) < 4.78 is 20.9. The molecular weight excluding hydrogens is 356 g/mol. The maximum Gasteiger partial charge on any atom is 0.338 e. The van der Waals surface area contributed by atoms with E-state index >= 15 is 0 Å². The molecule has 0 unspecified atom stereocenters. The number of carbonyl (C=O) groups excluding carboxylic acids is 3. The Labute approximate surface area is 157 Å². The third-order valence-corrected chi connectivity index (χ3v) is 3.94. The van der Waals surface area contributed by atoms with E-state index in [0.717, 1.165) is 0 Å². The number of nitrogens with zero attached hydrogens (tertiary/aromatic N) is 2. The Morgan fingerprint density at radius 2 is 1.81 bits per heavy atom. The quantitative estimate of drug-likeness (QED) is 0.623. The van der Waals surface area contributed by atoms with Crippen molar-refractivity contribution in [2.24, 2.45) is 0 Å². The van der Waals surface area contributed by atoms with E-state index in [4.69, 9.17) is 18.9 Å². The van der Waals surface area contributed by atoms with Crippen molar-refractivity contribution in [3.8, 4) is 11.5 Å². The summed E-state index contributed by atoms with van der Waals surface area (Å²) in [5.74, 6) is -0.499. The zero-order chi connectivity index (χ0) is 19.8. The van der Waals surface area contributed by atoms with Crippen LogP contribution in [-0.2, 0) is 19.1 Å². The van der Waals surface area contributed by atoms with Gasteiger partial charge in [-0.15, -0.1) is 0 Å². The number of carbonyl (C=O) groups is 3. The summed E-state index contributed by atoms with van der Waals surface area (Å²) in [6.07, 6.45) is 0. The predicted octanol–water partition coefficient (Wildman–Crippen LogP) is 0.178. The van der Waals surface area contributed by atoms with Gasteiger partial charge in [-0.25, -0.2) is 4.79 Å². The molecule has 1 fully saturated rings. The summed E-state index contributed by atoms with van der Waals surface area (Å²) in [5.41, 5.74) is 0.213. The molecule has 2 amide bonds. The van der Waals surface area contributed by atoms with Crippen molar-refractivity contribution in [1.82, 2.24) is 9.80 Å². The largest absolute Gasteiger partial charge is 0.493 e. The lowest BCUT2D eigenvalue weighted by Gasteiger charge is -2.26. The van der Waals surface area contributed by atoms with Crippen molar-refractivity contribution in [3.05, 3.63) is 23.8 Å². The van der Waals surface area contributed by atoms with Crippen molar-refractivity contribution in [1.29, 1.82) is 0 Å². The van der Waals surface area contributed by atoms with Crippen molar-refractivity contribution in [3.63, 3.8) is 0 Å². The molecule has 2 rings (SSSR count). The number of morpholine rings is 1. The molecule has 148 valence electrons. The molecule has 1 aromatic carbocycles. The second-order valence-electron chi connectivity index (χ2n) is 6.01. The summed E-state index contributed by atoms with van der Waals surface area (Å²) in [7, 11) is 4.57. The molecule has 0 saturated carbocycles. The molecule has 0 aromatic heterocycles. The highest BCUT2D eigenvalue weighted by Gasteiger charge is 2.19. The number of ether oxygens (including phenoxy) is 4. The van der Waals surface area contributed by atoms with E-state index in [-0.39, 0.29) is 36.3 Å². The van der Waals surface area contributed by atoms with Gasteiger partial charge in [-0.05, 0) is 18.2 Å². The molecule has 1 aliphatic heterocycles. The minimum atomic E-state index is -0.653. The molecule has 0 N–H and O–H groups in total. The van der Waals surface area contributed by atoms with Gasteiger partial charge in [0.2, 0.25) is 0 Å². The molecule has 9 nitrogen and oxygen atoms in total. The molecule has 1 aliphatic rings. The molecule has 0 atom stereocenters. The van der Waals surface area contributed by atoms with Crippen LogP contribution in [0.15, 0.2) is 18.2 Å². The number of rotatable bonds is 7. The average molecular weight is 380 g/mol. The SMILES string of the molecule is COc1cc(C(=O)OCC(=O)N(C)C)ccc1OCC(=O)N1CCOCC1. The number of likely N-dealkylation sites (N-methyl/N-ethyl adjacent to an activating group) is 1. The van der Waals surface area contributed by atoms with Crippen LogP contribution >= 0.6 is 0 Å². The van der Waals surface area contributed by atoms with Crippen LogP contribution in [0.3, 0.4) is 0 Å². The van der Waals surface area contributed by atoms with Gasteiger partial charge in [-0.3, -0.25) is 9.59 Å². The van der Waals surface area contributed by atoms with E-state index in [1.54, 1.807) is 19.0 Å². The Bertz CT molecular complexity index is 684. The van der Waals surface area contributed by atoms with E-state index in [1.807, 2.05) is 0 Å². The van der Waals surface area contributed by atoms with Gasteiger partial charge in [0, 0.05) is 27.2 Å². The van der Waals surface area contributed by atoms with E-state index in [9.17, 15) is 14.4 Å². The second kappa shape index (κ2) is 9.77. The number of amides is 2. The van der Waals surface area contributed by atoms with Gasteiger partial charge < -0.3 is 28.7 Å². The van der Waals surface area contributed by atoms with Crippen LogP contribution < -0.4 is 9.47 Å². The Hall–Kier alpha value is -2.81. The highest BCUT2D eigenvalue weighted by atomic mass is 16.5. The normalized spacial score (nSPS) is 13.7. The highest BCUT2D eigenvalue weighted by Crippen LogP contribution is 2.28. The van der Waals surface area contributed by atoms with Crippen LogP contribution in [0.25, 0.3) is 0 Å². The molecular formula is C18H24N2O7. The van der Waals surface area contributed by atoms with Crippen molar-refractivity contribution in [2.75, 3.05) is 60.7 Å². The maximum absolute atomic E-state index is 12.1. The Morgan fingerprint density at radius 1 is 1.11 bits per heavy atom. The lowest BCUT2D eigenvalue weighted by molar-refractivity contribution is -0.137. The maximum atomic E-state index is 12.1. The Morgan fingerprint density at radius 3 is 2.44 bits per heavy atom. The van der Waals surface area contributed by atoms with Crippen molar-refractivity contribution in [2.45, 2.75) is 0 Å². The van der Waals surface area contributed by atoms with Gasteiger partial charge in [-0.1, -0.05) is 0 Å². The third kappa shape index (κ3) is 5.85. The first-order chi connectivity index (χ1) is 12.9. The molecule has 0 spiro atoms. The topological polar surface area (TPSA) is 94.6 Å². The summed E-state index contributed by atoms with van der Waals surface area (Å²) in [6.45, 7) is 1.62. The number of benzene rings is 1. The van der Waals surface area contributed by atoms with Gasteiger partial charge in [0.1, 0.15) is 0 Å². The van der Waals surface area contributed by atoms with Crippen LogP contribution in [-0.4, -0.2) is 88.3 Å². The van der Waals surface area contributed by atoms with Gasteiger partial charge in [0.15, 0.2) is 24.7 Å². The summed E-state index contributed by atoms with van der Waals surface area (Å²) in [6, 6.07) is 4.45. The molecule has 27 heavy (non-hydrogen) atoms. The zero-order valence-corrected chi connectivity index (χ0v) is 15.7. The molecule has 9 heteroatoms. The number of hydrogen-bond acceptors (Lipinski definition) is 7. The van der Waals surface area contributed by atoms with Crippen LogP contribution in [0, 0.1) is 0 Å². The standard InChI is InChI=1S/C18H24N2O7/c1-19(2)16(21)11-27-18(23)13-4-5-14(15(10-13)24-3)26-12-17(22)20-6-8-25-9-7-20/h4-5,10H,6-9,11-12H2,1-3H3. The lowest BCUT2D eigenvalue weighted by Crippen LogP contribution is -2.43. The first-order valence-corrected chi connectivity index (χ1v) is 8.46. The monoisotopic (exact) mass is 380 g/mol. The van der Waals surface area contributed by atoms with Crippen LogP contribution in [0.4, 0.5) is 0 Å². The number of hydrogen-bond donors (Lipinski definition) is 0. The fourth-order valence-corrected chi connectivity index (χ4v) is 2.30. The molecule has 1 aromatic rings. The second-order valence-corrected chi connectivity index (χ2v) is 6.01. The van der Waals surface area contributed by atoms with Gasteiger partial charge >= 0.3 is 5.97 Å². The van der Waals surface area contributed by atoms with Crippen molar-refractivity contribution >= 4 is 17.8 Å². The summed E-state index contributed by atoms with van der Waals surface area (Å²) in [4.78, 5) is 38.7. The smallest absolute Gasteiger partial charge is 0.338 e. The minimum absolute atomic E-state index is 0.141. The third-order valence-electron chi connectivity index (χ3n) is 3.94. The zero-order valence-electron chi connectivity index (χ0n) is 15.7. The fraction of sp³-hybridized carbons (Fsp3) is 0.500. The number of esters is 1. The van der Waals surface area contributed by atoms with Gasteiger partial charge in [-0.2, -0.15) is 0 Å². The van der Waals surface area contributed by atoms with E-state index in [2.05, 4.69) is 0 Å². The Balaban J connectivity index is 1.95. The van der Waals surface area contributed by atoms with Crippen molar-refractivity contribution < 1.29 is 33.3 Å². The molecule has 1 saturated heterocycles. The molecule has 0 aliphatic carbocycles. The molecule has 0 bridgehead atoms. The Kier molecular flexibility index (Phi) is 7.42. The van der Waals surface area contributed by atoms with E-state index in [0.29, 0.717) is 32.1 Å². The van der Waals surface area contributed by atoms with Gasteiger partial charge in [0.05, 0.1) is 25.9 Å². The molecule has 1 heterocycles. The first kappa shape index (κ1) is 20.5. The van der Waals surface area contributed by atoms with E-state index < -0.39 is 5.97 Å². The van der Waals surface area contributed by atoms with Crippen LogP contribution in [0.2, 0.25) is 0 Å². The van der Waals surface area contributed by atoms with Crippen LogP contribution in [0.1, 0.15) is 10.4 Å². The fourth-order valence-electron chi connectivity index (χ4n) is 2.30. The lowest BCUT2D eigenvalue weighted by atomic mass is 10.2.